The molecule has 0 aromatic carbocycles. The Morgan fingerprint density at radius 1 is 0.300 bits per heavy atom. The van der Waals surface area contributed by atoms with E-state index < -0.39 is 8.80 Å². The van der Waals surface area contributed by atoms with E-state index in [-0.39, 0.29) is 0 Å². The number of hydrogen-bond donors (Lipinski definition) is 1. The summed E-state index contributed by atoms with van der Waals surface area (Å²) in [7, 11) is 2.79. The maximum absolute atomic E-state index is 5.50. The summed E-state index contributed by atoms with van der Waals surface area (Å²) in [5, 5.41) is 0. The van der Waals surface area contributed by atoms with Gasteiger partial charge in [0.25, 0.3) is 0 Å². The standard InChI is InChI=1S/C35H74O3SSi/c1-36-40(37-2,38-3)35-33-31-29-27-25-23-21-19-17-15-13-11-9-7-5-4-6-8-10-12-14-16-18-20-22-24-26-28-30-32-34-39/h39H,4-35H2,1-3H3. The van der Waals surface area contributed by atoms with Crippen molar-refractivity contribution in [3.8, 4) is 0 Å². The Morgan fingerprint density at radius 3 is 0.650 bits per heavy atom. The topological polar surface area (TPSA) is 27.7 Å². The Hall–Kier alpha value is 0.447. The summed E-state index contributed by atoms with van der Waals surface area (Å²) in [6.07, 6.45) is 42.9. The van der Waals surface area contributed by atoms with Crippen LogP contribution in [-0.4, -0.2) is 35.9 Å². The number of unbranched alkanes of at least 4 members (excludes halogenated alkanes) is 29. The molecule has 0 aromatic heterocycles. The lowest BCUT2D eigenvalue weighted by atomic mass is 10.0. The van der Waals surface area contributed by atoms with Crippen molar-refractivity contribution >= 4 is 21.4 Å². The second-order valence-corrected chi connectivity index (χ2v) is 15.9. The minimum absolute atomic E-state index is 0.939. The van der Waals surface area contributed by atoms with Crippen LogP contribution in [0, 0.1) is 0 Å². The molecule has 0 fully saturated rings. The highest BCUT2D eigenvalue weighted by Crippen LogP contribution is 2.19. The van der Waals surface area contributed by atoms with E-state index in [1.165, 1.54) is 186 Å². The van der Waals surface area contributed by atoms with Crippen molar-refractivity contribution in [2.75, 3.05) is 27.1 Å². The molecule has 0 aliphatic rings. The molecule has 0 spiro atoms. The molecule has 3 nitrogen and oxygen atoms in total. The zero-order valence-corrected chi connectivity index (χ0v) is 29.7. The monoisotopic (exact) mass is 603 g/mol. The average Bonchev–Trinajstić information content (AvgIpc) is 2.98. The van der Waals surface area contributed by atoms with Gasteiger partial charge in [-0.15, -0.1) is 0 Å². The first-order valence-corrected chi connectivity index (χ1v) is 20.6. The lowest BCUT2D eigenvalue weighted by Crippen LogP contribution is -2.42. The molecular weight excluding hydrogens is 529 g/mol. The van der Waals surface area contributed by atoms with Crippen LogP contribution in [0.3, 0.4) is 0 Å². The van der Waals surface area contributed by atoms with Crippen LogP contribution in [-0.2, 0) is 13.3 Å². The van der Waals surface area contributed by atoms with Gasteiger partial charge in [-0.1, -0.05) is 180 Å². The van der Waals surface area contributed by atoms with E-state index in [9.17, 15) is 0 Å². The average molecular weight is 603 g/mol. The van der Waals surface area contributed by atoms with Crippen LogP contribution in [0.4, 0.5) is 0 Å². The van der Waals surface area contributed by atoms with Gasteiger partial charge in [0.15, 0.2) is 0 Å². The first kappa shape index (κ1) is 40.4. The Morgan fingerprint density at radius 2 is 0.475 bits per heavy atom. The van der Waals surface area contributed by atoms with Gasteiger partial charge in [0, 0.05) is 27.4 Å². The summed E-state index contributed by atoms with van der Waals surface area (Å²) in [4.78, 5) is 0. The normalized spacial score (nSPS) is 12.0. The Balaban J connectivity index is 3.12. The zero-order chi connectivity index (χ0) is 29.2. The SMILES string of the molecule is CO[Si](CCCCCCCCCCCCCCCCCCCCCCCCCCCCCCCCS)(OC)OC. The third-order valence-electron chi connectivity index (χ3n) is 8.82. The van der Waals surface area contributed by atoms with E-state index in [4.69, 9.17) is 13.3 Å². The summed E-state index contributed by atoms with van der Waals surface area (Å²) in [6, 6.07) is 0.939. The van der Waals surface area contributed by atoms with Crippen molar-refractivity contribution < 1.29 is 13.3 Å². The van der Waals surface area contributed by atoms with Crippen LogP contribution in [0.5, 0.6) is 0 Å². The molecule has 0 N–H and O–H groups in total. The minimum Gasteiger partial charge on any atom is -0.377 e. The van der Waals surface area contributed by atoms with Crippen LogP contribution in [0.1, 0.15) is 193 Å². The van der Waals surface area contributed by atoms with Gasteiger partial charge < -0.3 is 13.3 Å². The van der Waals surface area contributed by atoms with E-state index in [0.29, 0.717) is 0 Å². The maximum Gasteiger partial charge on any atom is 0.500 e. The molecule has 242 valence electrons. The molecule has 0 aliphatic heterocycles. The second kappa shape index (κ2) is 33.9. The van der Waals surface area contributed by atoms with Gasteiger partial charge in [0.2, 0.25) is 0 Å². The summed E-state index contributed by atoms with van der Waals surface area (Å²) < 4.78 is 16.5. The summed E-state index contributed by atoms with van der Waals surface area (Å²) >= 11 is 4.29. The summed E-state index contributed by atoms with van der Waals surface area (Å²) in [5.74, 6) is 1.06. The fourth-order valence-corrected chi connectivity index (χ4v) is 7.98. The molecule has 0 unspecified atom stereocenters. The highest BCUT2D eigenvalue weighted by atomic mass is 32.1. The Bertz CT molecular complexity index is 454. The molecule has 0 aliphatic carbocycles. The minimum atomic E-state index is -2.34. The van der Waals surface area contributed by atoms with E-state index in [1.807, 2.05) is 0 Å². The molecule has 40 heavy (non-hydrogen) atoms. The van der Waals surface area contributed by atoms with E-state index >= 15 is 0 Å². The van der Waals surface area contributed by atoms with Crippen molar-refractivity contribution in [3.63, 3.8) is 0 Å². The van der Waals surface area contributed by atoms with Gasteiger partial charge >= 0.3 is 8.80 Å². The highest BCUT2D eigenvalue weighted by molar-refractivity contribution is 7.80. The third-order valence-corrected chi connectivity index (χ3v) is 12.0. The van der Waals surface area contributed by atoms with Crippen molar-refractivity contribution in [1.29, 1.82) is 0 Å². The van der Waals surface area contributed by atoms with Gasteiger partial charge in [-0.25, -0.2) is 0 Å². The van der Waals surface area contributed by atoms with Gasteiger partial charge in [0.05, 0.1) is 0 Å². The molecule has 0 heterocycles. The summed E-state index contributed by atoms with van der Waals surface area (Å²) in [6.45, 7) is 0. The molecule has 0 saturated heterocycles. The quantitative estimate of drug-likeness (QED) is 0.0444. The lowest BCUT2D eigenvalue weighted by molar-refractivity contribution is 0.122. The Labute approximate surface area is 259 Å². The molecule has 0 saturated carbocycles. The van der Waals surface area contributed by atoms with Gasteiger partial charge in [-0.05, 0) is 18.6 Å². The number of rotatable bonds is 35. The Kier molecular flexibility index (Phi) is 34.3. The number of thiol groups is 1. The smallest absolute Gasteiger partial charge is 0.377 e. The predicted molar refractivity (Wildman–Crippen MR) is 184 cm³/mol. The fraction of sp³-hybridized carbons (Fsp3) is 1.00. The van der Waals surface area contributed by atoms with Gasteiger partial charge in [-0.2, -0.15) is 12.6 Å². The number of hydrogen-bond acceptors (Lipinski definition) is 4. The van der Waals surface area contributed by atoms with E-state index in [0.717, 1.165) is 18.2 Å². The molecule has 0 rings (SSSR count). The molecule has 0 bridgehead atoms. The van der Waals surface area contributed by atoms with Crippen molar-refractivity contribution in [3.05, 3.63) is 0 Å². The largest absolute Gasteiger partial charge is 0.500 e. The van der Waals surface area contributed by atoms with Crippen LogP contribution in [0.15, 0.2) is 0 Å². The third kappa shape index (κ3) is 28.6. The van der Waals surface area contributed by atoms with E-state index in [2.05, 4.69) is 12.6 Å². The zero-order valence-electron chi connectivity index (χ0n) is 27.8. The van der Waals surface area contributed by atoms with Crippen molar-refractivity contribution in [2.45, 2.75) is 199 Å². The maximum atomic E-state index is 5.50. The fourth-order valence-electron chi connectivity index (χ4n) is 5.96. The first-order chi connectivity index (χ1) is 19.7. The molecule has 0 radical (unpaired) electrons. The lowest BCUT2D eigenvalue weighted by Gasteiger charge is -2.24. The first-order valence-electron chi connectivity index (χ1n) is 18.0. The van der Waals surface area contributed by atoms with Crippen LogP contribution < -0.4 is 0 Å². The van der Waals surface area contributed by atoms with Crippen molar-refractivity contribution in [1.82, 2.24) is 0 Å². The summed E-state index contributed by atoms with van der Waals surface area (Å²) in [5.41, 5.74) is 0. The molecule has 5 heteroatoms. The van der Waals surface area contributed by atoms with Gasteiger partial charge in [-0.3, -0.25) is 0 Å². The van der Waals surface area contributed by atoms with Gasteiger partial charge in [0.1, 0.15) is 0 Å². The predicted octanol–water partition coefficient (Wildman–Crippen LogP) is 12.5. The van der Waals surface area contributed by atoms with Crippen LogP contribution >= 0.6 is 12.6 Å². The highest BCUT2D eigenvalue weighted by Gasteiger charge is 2.36. The van der Waals surface area contributed by atoms with E-state index in [1.54, 1.807) is 21.3 Å². The molecule has 0 amide bonds. The molecular formula is C35H74O3SSi. The second-order valence-electron chi connectivity index (χ2n) is 12.4. The van der Waals surface area contributed by atoms with Crippen LogP contribution in [0.2, 0.25) is 6.04 Å². The van der Waals surface area contributed by atoms with Crippen LogP contribution in [0.25, 0.3) is 0 Å². The molecule has 0 aromatic rings. The molecule has 0 atom stereocenters. The van der Waals surface area contributed by atoms with Crippen molar-refractivity contribution in [2.24, 2.45) is 0 Å².